The molecule has 1 fully saturated rings. The summed E-state index contributed by atoms with van der Waals surface area (Å²) in [5.74, 6) is -0.184. The van der Waals surface area contributed by atoms with Crippen molar-refractivity contribution in [2.45, 2.75) is 39.5 Å². The number of hydrogen-bond donors (Lipinski definition) is 1. The van der Waals surface area contributed by atoms with Crippen LogP contribution in [0.3, 0.4) is 0 Å². The third-order valence-corrected chi connectivity index (χ3v) is 6.06. The fraction of sp³-hybridized carbons (Fsp3) is 0.417. The Kier molecular flexibility index (Phi) is 7.38. The van der Waals surface area contributed by atoms with Gasteiger partial charge in [-0.15, -0.1) is 0 Å². The van der Waals surface area contributed by atoms with Crippen LogP contribution < -0.4 is 5.32 Å². The van der Waals surface area contributed by atoms with Crippen LogP contribution in [0.4, 0.5) is 10.5 Å². The molecule has 0 unspecified atom stereocenters. The van der Waals surface area contributed by atoms with Gasteiger partial charge in [0.05, 0.1) is 12.0 Å². The molecule has 0 aromatic heterocycles. The molecule has 3 rings (SSSR count). The largest absolute Gasteiger partial charge is 0.466 e. The smallest absolute Gasteiger partial charge is 0.321 e. The van der Waals surface area contributed by atoms with Gasteiger partial charge in [-0.2, -0.15) is 0 Å². The number of urea groups is 1. The van der Waals surface area contributed by atoms with E-state index < -0.39 is 5.41 Å². The molecule has 2 aromatic rings. The maximum Gasteiger partial charge on any atom is 0.321 e. The van der Waals surface area contributed by atoms with E-state index in [1.807, 2.05) is 55.5 Å². The molecule has 2 aromatic carbocycles. The van der Waals surface area contributed by atoms with Gasteiger partial charge in [-0.05, 0) is 61.9 Å². The van der Waals surface area contributed by atoms with Gasteiger partial charge in [0.2, 0.25) is 0 Å². The molecule has 0 saturated carbocycles. The number of nitrogens with zero attached hydrogens (tertiary/aromatic N) is 1. The number of carbonyl (C=O) groups is 2. The number of benzene rings is 2. The number of nitrogens with one attached hydrogen (secondary N) is 1. The summed E-state index contributed by atoms with van der Waals surface area (Å²) in [6, 6.07) is 15.3. The number of aryl methyl sites for hydroxylation is 1. The average Bonchev–Trinajstić information content (AvgIpc) is 2.76. The standard InChI is InChI=1S/C24H29ClN2O3/c1-3-19-7-5-6-8-21(19)26-23(29)27-15-13-24(14-16-27,22(28)30-4-2)17-18-9-11-20(25)12-10-18/h5-12H,3-4,13-17H2,1-2H3,(H,26,29). The van der Waals surface area contributed by atoms with Gasteiger partial charge in [-0.1, -0.05) is 48.9 Å². The SMILES string of the molecule is CCOC(=O)C1(Cc2ccc(Cl)cc2)CCN(C(=O)Nc2ccccc2CC)CC1. The van der Waals surface area contributed by atoms with Gasteiger partial charge in [-0.25, -0.2) is 4.79 Å². The van der Waals surface area contributed by atoms with Crippen LogP contribution >= 0.6 is 11.6 Å². The van der Waals surface area contributed by atoms with Crippen LogP contribution in [0.1, 0.15) is 37.8 Å². The third kappa shape index (κ3) is 5.14. The van der Waals surface area contributed by atoms with Crippen LogP contribution in [0.5, 0.6) is 0 Å². The van der Waals surface area contributed by atoms with Crippen molar-refractivity contribution >= 4 is 29.3 Å². The molecule has 0 spiro atoms. The van der Waals surface area contributed by atoms with E-state index in [9.17, 15) is 9.59 Å². The summed E-state index contributed by atoms with van der Waals surface area (Å²) in [5.41, 5.74) is 2.36. The number of esters is 1. The Hall–Kier alpha value is -2.53. The number of carbonyl (C=O) groups excluding carboxylic acids is 2. The highest BCUT2D eigenvalue weighted by molar-refractivity contribution is 6.30. The zero-order chi connectivity index (χ0) is 21.6. The summed E-state index contributed by atoms with van der Waals surface area (Å²) in [7, 11) is 0. The first kappa shape index (κ1) is 22.2. The van der Waals surface area contributed by atoms with Crippen molar-refractivity contribution in [1.29, 1.82) is 0 Å². The van der Waals surface area contributed by atoms with E-state index in [1.54, 1.807) is 4.90 Å². The summed E-state index contributed by atoms with van der Waals surface area (Å²) >= 11 is 6.00. The highest BCUT2D eigenvalue weighted by Gasteiger charge is 2.43. The molecule has 0 aliphatic carbocycles. The van der Waals surface area contributed by atoms with Crippen LogP contribution in [0.2, 0.25) is 5.02 Å². The molecule has 0 bridgehead atoms. The Morgan fingerprint density at radius 2 is 1.73 bits per heavy atom. The predicted molar refractivity (Wildman–Crippen MR) is 120 cm³/mol. The first-order chi connectivity index (χ1) is 14.5. The Bertz CT molecular complexity index is 874. The van der Waals surface area contributed by atoms with E-state index in [2.05, 4.69) is 12.2 Å². The van der Waals surface area contributed by atoms with Crippen molar-refractivity contribution < 1.29 is 14.3 Å². The molecule has 1 aliphatic heterocycles. The fourth-order valence-electron chi connectivity index (χ4n) is 4.01. The number of halogens is 1. The lowest BCUT2D eigenvalue weighted by Gasteiger charge is -2.40. The second-order valence-corrected chi connectivity index (χ2v) is 8.17. The Morgan fingerprint density at radius 1 is 1.07 bits per heavy atom. The van der Waals surface area contributed by atoms with Crippen LogP contribution in [-0.2, 0) is 22.4 Å². The number of ether oxygens (including phenoxy) is 1. The number of piperidine rings is 1. The molecule has 30 heavy (non-hydrogen) atoms. The molecule has 0 radical (unpaired) electrons. The van der Waals surface area contributed by atoms with E-state index >= 15 is 0 Å². The Labute approximate surface area is 183 Å². The lowest BCUT2D eigenvalue weighted by molar-refractivity contribution is -0.158. The van der Waals surface area contributed by atoms with Crippen molar-refractivity contribution in [2.75, 3.05) is 25.0 Å². The number of para-hydroxylation sites is 1. The van der Waals surface area contributed by atoms with E-state index in [0.29, 0.717) is 44.0 Å². The van der Waals surface area contributed by atoms with Gasteiger partial charge in [0.15, 0.2) is 0 Å². The number of anilines is 1. The van der Waals surface area contributed by atoms with Gasteiger partial charge < -0.3 is 15.0 Å². The van der Waals surface area contributed by atoms with Crippen molar-refractivity contribution in [3.05, 3.63) is 64.7 Å². The molecule has 1 saturated heterocycles. The van der Waals surface area contributed by atoms with Gasteiger partial charge in [0.25, 0.3) is 0 Å². The van der Waals surface area contributed by atoms with E-state index in [-0.39, 0.29) is 12.0 Å². The summed E-state index contributed by atoms with van der Waals surface area (Å²) in [5, 5.41) is 3.69. The van der Waals surface area contributed by atoms with Gasteiger partial charge in [-0.3, -0.25) is 4.79 Å². The molecule has 5 nitrogen and oxygen atoms in total. The van der Waals surface area contributed by atoms with Crippen LogP contribution in [-0.4, -0.2) is 36.6 Å². The van der Waals surface area contributed by atoms with Crippen LogP contribution in [0, 0.1) is 5.41 Å². The maximum atomic E-state index is 12.9. The zero-order valence-corrected chi connectivity index (χ0v) is 18.4. The number of likely N-dealkylation sites (tertiary alicyclic amines) is 1. The van der Waals surface area contributed by atoms with Crippen molar-refractivity contribution in [2.24, 2.45) is 5.41 Å². The normalized spacial score (nSPS) is 15.5. The molecule has 1 N–H and O–H groups in total. The zero-order valence-electron chi connectivity index (χ0n) is 17.6. The van der Waals surface area contributed by atoms with Crippen molar-refractivity contribution in [3.63, 3.8) is 0 Å². The number of rotatable bonds is 6. The summed E-state index contributed by atoms with van der Waals surface area (Å²) in [6.45, 7) is 5.25. The first-order valence-corrected chi connectivity index (χ1v) is 10.9. The monoisotopic (exact) mass is 428 g/mol. The molecular formula is C24H29ClN2O3. The maximum absolute atomic E-state index is 12.9. The van der Waals surface area contributed by atoms with Gasteiger partial charge in [0, 0.05) is 23.8 Å². The minimum atomic E-state index is -0.623. The summed E-state index contributed by atoms with van der Waals surface area (Å²) < 4.78 is 5.42. The van der Waals surface area contributed by atoms with Crippen molar-refractivity contribution in [3.8, 4) is 0 Å². The molecule has 1 aliphatic rings. The molecular weight excluding hydrogens is 400 g/mol. The van der Waals surface area contributed by atoms with E-state index in [1.165, 1.54) is 0 Å². The topological polar surface area (TPSA) is 58.6 Å². The van der Waals surface area contributed by atoms with E-state index in [4.69, 9.17) is 16.3 Å². The van der Waals surface area contributed by atoms with Gasteiger partial charge in [0.1, 0.15) is 0 Å². The quantitative estimate of drug-likeness (QED) is 0.633. The van der Waals surface area contributed by atoms with Crippen LogP contribution in [0.15, 0.2) is 48.5 Å². The molecule has 1 heterocycles. The average molecular weight is 429 g/mol. The Morgan fingerprint density at radius 3 is 2.37 bits per heavy atom. The fourth-order valence-corrected chi connectivity index (χ4v) is 4.14. The van der Waals surface area contributed by atoms with Crippen molar-refractivity contribution in [1.82, 2.24) is 4.90 Å². The number of amides is 2. The second-order valence-electron chi connectivity index (χ2n) is 7.73. The highest BCUT2D eigenvalue weighted by Crippen LogP contribution is 2.37. The minimum absolute atomic E-state index is 0.125. The summed E-state index contributed by atoms with van der Waals surface area (Å²) in [6.07, 6.45) is 2.56. The van der Waals surface area contributed by atoms with Crippen LogP contribution in [0.25, 0.3) is 0 Å². The molecule has 2 amide bonds. The summed E-state index contributed by atoms with van der Waals surface area (Å²) in [4.78, 5) is 27.5. The Balaban J connectivity index is 1.70. The highest BCUT2D eigenvalue weighted by atomic mass is 35.5. The molecule has 0 atom stereocenters. The van der Waals surface area contributed by atoms with Gasteiger partial charge >= 0.3 is 12.0 Å². The third-order valence-electron chi connectivity index (χ3n) is 5.81. The second kappa shape index (κ2) is 9.98. The minimum Gasteiger partial charge on any atom is -0.466 e. The first-order valence-electron chi connectivity index (χ1n) is 10.5. The van der Waals surface area contributed by atoms with E-state index in [0.717, 1.165) is 23.2 Å². The lowest BCUT2D eigenvalue weighted by Crippen LogP contribution is -2.49. The number of hydrogen-bond acceptors (Lipinski definition) is 3. The molecule has 6 heteroatoms. The molecule has 160 valence electrons. The predicted octanol–water partition coefficient (Wildman–Crippen LogP) is 5.32. The lowest BCUT2D eigenvalue weighted by atomic mass is 9.73.